The van der Waals surface area contributed by atoms with Crippen molar-refractivity contribution in [3.8, 4) is 17.2 Å². The Hall–Kier alpha value is -3.82. The minimum absolute atomic E-state index is 0.318. The van der Waals surface area contributed by atoms with Crippen LogP contribution in [0.3, 0.4) is 0 Å². The van der Waals surface area contributed by atoms with E-state index in [1.807, 2.05) is 13.0 Å². The van der Waals surface area contributed by atoms with E-state index in [1.165, 1.54) is 35.3 Å². The Balaban J connectivity index is 1.73. The third kappa shape index (κ3) is 5.58. The molecule has 0 aliphatic carbocycles. The SMILES string of the molecule is C/C(=C\c1ccc(OC(N)=O)cc1)c1ncn(-c2ccc(OC(F)(F)F)cc2)n1. The number of nitrogens with zero attached hydrogens (tertiary/aromatic N) is 3. The van der Waals surface area contributed by atoms with Crippen LogP contribution >= 0.6 is 0 Å². The van der Waals surface area contributed by atoms with Gasteiger partial charge in [-0.05, 0) is 60.5 Å². The zero-order chi connectivity index (χ0) is 21.0. The zero-order valence-corrected chi connectivity index (χ0v) is 15.1. The molecule has 1 aromatic heterocycles. The van der Waals surface area contributed by atoms with Gasteiger partial charge in [-0.3, -0.25) is 0 Å². The first-order valence-electron chi connectivity index (χ1n) is 8.23. The number of aromatic nitrogens is 3. The molecule has 7 nitrogen and oxygen atoms in total. The van der Waals surface area contributed by atoms with E-state index in [-0.39, 0.29) is 5.75 Å². The van der Waals surface area contributed by atoms with Gasteiger partial charge in [0.05, 0.1) is 5.69 Å². The molecule has 0 radical (unpaired) electrons. The highest BCUT2D eigenvalue weighted by Crippen LogP contribution is 2.24. The molecule has 1 amide bonds. The van der Waals surface area contributed by atoms with Crippen LogP contribution in [-0.2, 0) is 0 Å². The van der Waals surface area contributed by atoms with Gasteiger partial charge in [-0.1, -0.05) is 12.1 Å². The lowest BCUT2D eigenvalue weighted by molar-refractivity contribution is -0.274. The molecule has 29 heavy (non-hydrogen) atoms. The van der Waals surface area contributed by atoms with Crippen LogP contribution in [0.5, 0.6) is 11.5 Å². The van der Waals surface area contributed by atoms with Gasteiger partial charge in [0, 0.05) is 0 Å². The quantitative estimate of drug-likeness (QED) is 0.689. The number of benzene rings is 2. The van der Waals surface area contributed by atoms with Crippen LogP contribution in [0.1, 0.15) is 18.3 Å². The number of halogens is 3. The minimum Gasteiger partial charge on any atom is -0.411 e. The number of amides is 1. The maximum Gasteiger partial charge on any atom is 0.573 e. The highest BCUT2D eigenvalue weighted by Gasteiger charge is 2.30. The first-order valence-corrected chi connectivity index (χ1v) is 8.23. The first-order chi connectivity index (χ1) is 13.7. The van der Waals surface area contributed by atoms with Crippen molar-refractivity contribution in [2.45, 2.75) is 13.3 Å². The van der Waals surface area contributed by atoms with Gasteiger partial charge < -0.3 is 15.2 Å². The van der Waals surface area contributed by atoms with E-state index in [4.69, 9.17) is 10.5 Å². The summed E-state index contributed by atoms with van der Waals surface area (Å²) in [7, 11) is 0. The molecular formula is C19H15F3N4O3. The van der Waals surface area contributed by atoms with E-state index < -0.39 is 12.5 Å². The summed E-state index contributed by atoms with van der Waals surface area (Å²) in [6.07, 6.45) is -2.35. The molecule has 0 aliphatic heterocycles. The molecule has 0 bridgehead atoms. The van der Waals surface area contributed by atoms with Gasteiger partial charge in [-0.2, -0.15) is 0 Å². The van der Waals surface area contributed by atoms with Gasteiger partial charge in [-0.25, -0.2) is 14.5 Å². The van der Waals surface area contributed by atoms with Crippen molar-refractivity contribution in [1.29, 1.82) is 0 Å². The van der Waals surface area contributed by atoms with Crippen molar-refractivity contribution in [2.24, 2.45) is 5.73 Å². The second-order valence-electron chi connectivity index (χ2n) is 5.87. The van der Waals surface area contributed by atoms with Crippen molar-refractivity contribution in [3.05, 3.63) is 66.2 Å². The summed E-state index contributed by atoms with van der Waals surface area (Å²) >= 11 is 0. The number of carbonyl (C=O) groups is 1. The third-order valence-electron chi connectivity index (χ3n) is 3.66. The fraction of sp³-hybridized carbons (Fsp3) is 0.105. The van der Waals surface area contributed by atoms with E-state index in [2.05, 4.69) is 14.8 Å². The first kappa shape index (κ1) is 19.9. The molecular weight excluding hydrogens is 389 g/mol. The summed E-state index contributed by atoms with van der Waals surface area (Å²) in [5, 5.41) is 4.33. The molecule has 0 unspecified atom stereocenters. The number of allylic oxidation sites excluding steroid dienone is 1. The topological polar surface area (TPSA) is 92.3 Å². The number of carbonyl (C=O) groups excluding carboxylic acids is 1. The van der Waals surface area contributed by atoms with E-state index in [1.54, 1.807) is 24.3 Å². The monoisotopic (exact) mass is 404 g/mol. The van der Waals surface area contributed by atoms with Crippen molar-refractivity contribution < 1.29 is 27.4 Å². The highest BCUT2D eigenvalue weighted by atomic mass is 19.4. The number of primary amides is 1. The van der Waals surface area contributed by atoms with Crippen LogP contribution in [0.15, 0.2) is 54.9 Å². The predicted molar refractivity (Wildman–Crippen MR) is 98.2 cm³/mol. The van der Waals surface area contributed by atoms with Crippen LogP contribution in [0.2, 0.25) is 0 Å². The van der Waals surface area contributed by atoms with Gasteiger partial charge in [-0.15, -0.1) is 18.3 Å². The smallest absolute Gasteiger partial charge is 0.411 e. The van der Waals surface area contributed by atoms with E-state index in [9.17, 15) is 18.0 Å². The Bertz CT molecular complexity index is 1030. The number of rotatable bonds is 5. The largest absolute Gasteiger partial charge is 0.573 e. The van der Waals surface area contributed by atoms with Gasteiger partial charge in [0.25, 0.3) is 0 Å². The maximum absolute atomic E-state index is 12.2. The lowest BCUT2D eigenvalue weighted by Gasteiger charge is -2.09. The number of ether oxygens (including phenoxy) is 2. The Morgan fingerprint density at radius 1 is 1.07 bits per heavy atom. The molecule has 1 heterocycles. The standard InChI is InChI=1S/C19H15F3N4O3/c1-12(10-13-2-6-15(7-3-13)28-18(23)27)17-24-11-26(25-17)14-4-8-16(9-5-14)29-19(20,21)22/h2-11H,1H3,(H2,23,27)/b12-10+. The molecule has 3 rings (SSSR count). The van der Waals surface area contributed by atoms with E-state index >= 15 is 0 Å². The average molecular weight is 404 g/mol. The Morgan fingerprint density at radius 2 is 1.69 bits per heavy atom. The summed E-state index contributed by atoms with van der Waals surface area (Å²) in [5.74, 6) is 0.451. The molecule has 0 saturated carbocycles. The average Bonchev–Trinajstić information content (AvgIpc) is 3.12. The van der Waals surface area contributed by atoms with Crippen LogP contribution in [-0.4, -0.2) is 27.2 Å². The lowest BCUT2D eigenvalue weighted by Crippen LogP contribution is -2.17. The summed E-state index contributed by atoms with van der Waals surface area (Å²) < 4.78 is 46.7. The fourth-order valence-electron chi connectivity index (χ4n) is 2.43. The van der Waals surface area contributed by atoms with Crippen molar-refractivity contribution in [1.82, 2.24) is 14.8 Å². The van der Waals surface area contributed by atoms with Crippen molar-refractivity contribution in [3.63, 3.8) is 0 Å². The second-order valence-corrected chi connectivity index (χ2v) is 5.87. The number of hydrogen-bond donors (Lipinski definition) is 1. The predicted octanol–water partition coefficient (Wildman–Crippen LogP) is 4.18. The van der Waals surface area contributed by atoms with Crippen LogP contribution in [0, 0.1) is 0 Å². The van der Waals surface area contributed by atoms with Crippen LogP contribution < -0.4 is 15.2 Å². The van der Waals surface area contributed by atoms with Crippen LogP contribution in [0.25, 0.3) is 17.3 Å². The van der Waals surface area contributed by atoms with Crippen molar-refractivity contribution in [2.75, 3.05) is 0 Å². The van der Waals surface area contributed by atoms with E-state index in [0.717, 1.165) is 11.1 Å². The molecule has 2 N–H and O–H groups in total. The molecule has 0 fully saturated rings. The van der Waals surface area contributed by atoms with Gasteiger partial charge >= 0.3 is 12.5 Å². The van der Waals surface area contributed by atoms with Gasteiger partial charge in [0.2, 0.25) is 0 Å². The molecule has 3 aromatic rings. The number of alkyl halides is 3. The summed E-state index contributed by atoms with van der Waals surface area (Å²) in [4.78, 5) is 14.9. The number of nitrogens with two attached hydrogens (primary N) is 1. The second kappa shape index (κ2) is 8.05. The Kier molecular flexibility index (Phi) is 5.53. The maximum atomic E-state index is 12.2. The number of hydrogen-bond acceptors (Lipinski definition) is 5. The van der Waals surface area contributed by atoms with Crippen LogP contribution in [0.4, 0.5) is 18.0 Å². The summed E-state index contributed by atoms with van der Waals surface area (Å²) in [5.41, 5.74) is 7.06. The lowest BCUT2D eigenvalue weighted by atomic mass is 10.1. The molecule has 0 spiro atoms. The molecule has 2 aromatic carbocycles. The van der Waals surface area contributed by atoms with E-state index in [0.29, 0.717) is 17.3 Å². The highest BCUT2D eigenvalue weighted by molar-refractivity contribution is 5.77. The van der Waals surface area contributed by atoms with Crippen molar-refractivity contribution >= 4 is 17.7 Å². The van der Waals surface area contributed by atoms with Gasteiger partial charge in [0.1, 0.15) is 17.8 Å². The zero-order valence-electron chi connectivity index (χ0n) is 15.1. The normalized spacial score (nSPS) is 11.9. The Morgan fingerprint density at radius 3 is 2.28 bits per heavy atom. The molecule has 150 valence electrons. The fourth-order valence-corrected chi connectivity index (χ4v) is 2.43. The van der Waals surface area contributed by atoms with Gasteiger partial charge in [0.15, 0.2) is 5.82 Å². The minimum atomic E-state index is -4.74. The summed E-state index contributed by atoms with van der Waals surface area (Å²) in [6.45, 7) is 1.81. The Labute approximate surface area is 163 Å². The molecule has 10 heteroatoms. The third-order valence-corrected chi connectivity index (χ3v) is 3.66. The molecule has 0 aliphatic rings. The summed E-state index contributed by atoms with van der Waals surface area (Å²) in [6, 6.07) is 11.9. The molecule has 0 atom stereocenters. The molecule has 0 saturated heterocycles.